The largest absolute Gasteiger partial charge is 0.381 e. The summed E-state index contributed by atoms with van der Waals surface area (Å²) < 4.78 is 5.41. The van der Waals surface area contributed by atoms with Gasteiger partial charge in [0.25, 0.3) is 0 Å². The van der Waals surface area contributed by atoms with Gasteiger partial charge in [0.2, 0.25) is 0 Å². The first-order valence-corrected chi connectivity index (χ1v) is 7.08. The Hall–Kier alpha value is -0.0800. The maximum atomic E-state index is 5.41. The van der Waals surface area contributed by atoms with Crippen molar-refractivity contribution in [3.05, 3.63) is 0 Å². The molecule has 2 nitrogen and oxygen atoms in total. The summed E-state index contributed by atoms with van der Waals surface area (Å²) in [5.74, 6) is 2.58. The molecule has 0 aromatic heterocycles. The smallest absolute Gasteiger partial charge is 0.0495 e. The summed E-state index contributed by atoms with van der Waals surface area (Å²) in [6.45, 7) is 8.00. The highest BCUT2D eigenvalue weighted by Crippen LogP contribution is 2.29. The second-order valence-electron chi connectivity index (χ2n) is 5.85. The SMILES string of the molecule is CC1CCCC(NCCC2CCOC2)C1C. The third-order valence-corrected chi connectivity index (χ3v) is 4.69. The minimum Gasteiger partial charge on any atom is -0.381 e. The molecule has 1 saturated heterocycles. The van der Waals surface area contributed by atoms with Gasteiger partial charge in [-0.1, -0.05) is 26.7 Å². The molecule has 0 aromatic carbocycles. The van der Waals surface area contributed by atoms with Crippen LogP contribution in [-0.2, 0) is 4.74 Å². The summed E-state index contributed by atoms with van der Waals surface area (Å²) in [5.41, 5.74) is 0. The fraction of sp³-hybridized carbons (Fsp3) is 1.00. The molecule has 1 heterocycles. The molecule has 1 saturated carbocycles. The van der Waals surface area contributed by atoms with Gasteiger partial charge in [0, 0.05) is 19.3 Å². The van der Waals surface area contributed by atoms with E-state index < -0.39 is 0 Å². The number of rotatable bonds is 4. The van der Waals surface area contributed by atoms with E-state index in [9.17, 15) is 0 Å². The molecule has 1 aliphatic heterocycles. The van der Waals surface area contributed by atoms with Crippen molar-refractivity contribution in [3.63, 3.8) is 0 Å². The van der Waals surface area contributed by atoms with E-state index in [4.69, 9.17) is 4.74 Å². The summed E-state index contributed by atoms with van der Waals surface area (Å²) >= 11 is 0. The van der Waals surface area contributed by atoms with E-state index >= 15 is 0 Å². The van der Waals surface area contributed by atoms with Gasteiger partial charge in [-0.2, -0.15) is 0 Å². The minimum absolute atomic E-state index is 0.770. The lowest BCUT2D eigenvalue weighted by Crippen LogP contribution is -2.41. The van der Waals surface area contributed by atoms with Crippen LogP contribution in [0.5, 0.6) is 0 Å². The first-order valence-electron chi connectivity index (χ1n) is 7.08. The lowest BCUT2D eigenvalue weighted by atomic mass is 9.78. The van der Waals surface area contributed by atoms with Crippen LogP contribution < -0.4 is 5.32 Å². The third kappa shape index (κ3) is 3.21. The average molecular weight is 225 g/mol. The van der Waals surface area contributed by atoms with E-state index in [2.05, 4.69) is 19.2 Å². The molecule has 4 atom stereocenters. The van der Waals surface area contributed by atoms with Crippen molar-refractivity contribution in [3.8, 4) is 0 Å². The summed E-state index contributed by atoms with van der Waals surface area (Å²) in [5, 5.41) is 3.77. The number of hydrogen-bond acceptors (Lipinski definition) is 2. The monoisotopic (exact) mass is 225 g/mol. The summed E-state index contributed by atoms with van der Waals surface area (Å²) in [7, 11) is 0. The predicted molar refractivity (Wildman–Crippen MR) is 67.5 cm³/mol. The fourth-order valence-corrected chi connectivity index (χ4v) is 3.15. The fourth-order valence-electron chi connectivity index (χ4n) is 3.15. The molecule has 0 radical (unpaired) electrons. The molecule has 2 rings (SSSR count). The Morgan fingerprint density at radius 3 is 2.81 bits per heavy atom. The van der Waals surface area contributed by atoms with Crippen LogP contribution in [0.1, 0.15) is 46.0 Å². The van der Waals surface area contributed by atoms with E-state index in [1.165, 1.54) is 38.6 Å². The molecule has 1 aliphatic carbocycles. The van der Waals surface area contributed by atoms with Crippen LogP contribution in [0.4, 0.5) is 0 Å². The third-order valence-electron chi connectivity index (χ3n) is 4.69. The first-order chi connectivity index (χ1) is 7.77. The number of ether oxygens (including phenoxy) is 1. The van der Waals surface area contributed by atoms with E-state index in [0.717, 1.165) is 37.0 Å². The lowest BCUT2D eigenvalue weighted by molar-refractivity contribution is 0.180. The van der Waals surface area contributed by atoms with Gasteiger partial charge < -0.3 is 10.1 Å². The predicted octanol–water partition coefficient (Wildman–Crippen LogP) is 2.83. The van der Waals surface area contributed by atoms with Crippen LogP contribution in [0.15, 0.2) is 0 Å². The quantitative estimate of drug-likeness (QED) is 0.794. The topological polar surface area (TPSA) is 21.3 Å². The van der Waals surface area contributed by atoms with Crippen molar-refractivity contribution >= 4 is 0 Å². The highest BCUT2D eigenvalue weighted by molar-refractivity contribution is 4.82. The molecule has 0 aromatic rings. The normalized spacial score (nSPS) is 40.1. The van der Waals surface area contributed by atoms with Crippen LogP contribution >= 0.6 is 0 Å². The Kier molecular flexibility index (Phi) is 4.66. The van der Waals surface area contributed by atoms with Gasteiger partial charge in [0.1, 0.15) is 0 Å². The molecule has 16 heavy (non-hydrogen) atoms. The molecular weight excluding hydrogens is 198 g/mol. The van der Waals surface area contributed by atoms with Crippen LogP contribution in [-0.4, -0.2) is 25.8 Å². The van der Waals surface area contributed by atoms with Crippen LogP contribution in [0.25, 0.3) is 0 Å². The summed E-state index contributed by atoms with van der Waals surface area (Å²) in [6, 6.07) is 0.770. The molecule has 2 aliphatic rings. The molecule has 4 unspecified atom stereocenters. The Bertz CT molecular complexity index is 201. The van der Waals surface area contributed by atoms with Gasteiger partial charge in [0.15, 0.2) is 0 Å². The molecule has 0 bridgehead atoms. The Morgan fingerprint density at radius 2 is 2.06 bits per heavy atom. The molecule has 0 spiro atoms. The molecule has 1 N–H and O–H groups in total. The molecule has 94 valence electrons. The van der Waals surface area contributed by atoms with Gasteiger partial charge >= 0.3 is 0 Å². The Balaban J connectivity index is 1.64. The Morgan fingerprint density at radius 1 is 1.19 bits per heavy atom. The van der Waals surface area contributed by atoms with Crippen molar-refractivity contribution in [2.45, 2.75) is 52.0 Å². The van der Waals surface area contributed by atoms with E-state index in [-0.39, 0.29) is 0 Å². The van der Waals surface area contributed by atoms with E-state index in [1.807, 2.05) is 0 Å². The minimum atomic E-state index is 0.770. The number of nitrogens with one attached hydrogen (secondary N) is 1. The van der Waals surface area contributed by atoms with Gasteiger partial charge in [-0.05, 0) is 43.6 Å². The Labute approximate surface area is 100 Å². The van der Waals surface area contributed by atoms with Gasteiger partial charge in [0.05, 0.1) is 0 Å². The molecular formula is C14H27NO. The highest BCUT2D eigenvalue weighted by atomic mass is 16.5. The lowest BCUT2D eigenvalue weighted by Gasteiger charge is -2.35. The molecule has 2 heteroatoms. The van der Waals surface area contributed by atoms with Gasteiger partial charge in [-0.25, -0.2) is 0 Å². The van der Waals surface area contributed by atoms with Crippen molar-refractivity contribution in [2.24, 2.45) is 17.8 Å². The summed E-state index contributed by atoms with van der Waals surface area (Å²) in [6.07, 6.45) is 6.80. The highest BCUT2D eigenvalue weighted by Gasteiger charge is 2.26. The van der Waals surface area contributed by atoms with Crippen molar-refractivity contribution < 1.29 is 4.74 Å². The zero-order valence-electron chi connectivity index (χ0n) is 10.9. The zero-order chi connectivity index (χ0) is 11.4. The summed E-state index contributed by atoms with van der Waals surface area (Å²) in [4.78, 5) is 0. The second-order valence-corrected chi connectivity index (χ2v) is 5.85. The van der Waals surface area contributed by atoms with Gasteiger partial charge in [-0.3, -0.25) is 0 Å². The molecule has 0 amide bonds. The van der Waals surface area contributed by atoms with E-state index in [1.54, 1.807) is 0 Å². The van der Waals surface area contributed by atoms with Crippen molar-refractivity contribution in [2.75, 3.05) is 19.8 Å². The van der Waals surface area contributed by atoms with Gasteiger partial charge in [-0.15, -0.1) is 0 Å². The standard InChI is InChI=1S/C14H27NO/c1-11-4-3-5-14(12(11)2)15-8-6-13-7-9-16-10-13/h11-15H,3-10H2,1-2H3. The first kappa shape index (κ1) is 12.4. The maximum Gasteiger partial charge on any atom is 0.0495 e. The molecule has 2 fully saturated rings. The van der Waals surface area contributed by atoms with Crippen LogP contribution in [0, 0.1) is 17.8 Å². The van der Waals surface area contributed by atoms with E-state index in [0.29, 0.717) is 0 Å². The average Bonchev–Trinajstić information content (AvgIpc) is 2.77. The van der Waals surface area contributed by atoms with Crippen LogP contribution in [0.2, 0.25) is 0 Å². The van der Waals surface area contributed by atoms with Crippen LogP contribution in [0.3, 0.4) is 0 Å². The second kappa shape index (κ2) is 6.02. The number of hydrogen-bond donors (Lipinski definition) is 1. The van der Waals surface area contributed by atoms with Crippen molar-refractivity contribution in [1.82, 2.24) is 5.32 Å². The van der Waals surface area contributed by atoms with Crippen molar-refractivity contribution in [1.29, 1.82) is 0 Å². The zero-order valence-corrected chi connectivity index (χ0v) is 10.9. The maximum absolute atomic E-state index is 5.41.